The number of fused-ring (bicyclic) bond motifs is 29. The van der Waals surface area contributed by atoms with Gasteiger partial charge in [-0.3, -0.25) is 0 Å². The van der Waals surface area contributed by atoms with Crippen LogP contribution in [0.5, 0.6) is 0 Å². The van der Waals surface area contributed by atoms with Gasteiger partial charge < -0.3 is 17.7 Å². The zero-order chi connectivity index (χ0) is 76.7. The largest absolute Gasteiger partial charge is 0.456 e. The molecule has 115 heavy (non-hydrogen) atoms. The Balaban J connectivity index is 0.642. The summed E-state index contributed by atoms with van der Waals surface area (Å²) in [7, 11) is 0. The highest BCUT2D eigenvalue weighted by molar-refractivity contribution is 6.25. The molecule has 20 aromatic rings. The zero-order valence-electron chi connectivity index (χ0n) is 66.4. The summed E-state index contributed by atoms with van der Waals surface area (Å²) in [6.07, 6.45) is 17.5. The fourth-order valence-electron chi connectivity index (χ4n) is 22.1. The van der Waals surface area contributed by atoms with E-state index in [2.05, 4.69) is 296 Å². The van der Waals surface area contributed by atoms with E-state index in [1.54, 1.807) is 11.1 Å². The number of hydrogen-bond donors (Lipinski definition) is 0. The Morgan fingerprint density at radius 2 is 0.522 bits per heavy atom. The maximum atomic E-state index is 6.88. The van der Waals surface area contributed by atoms with Gasteiger partial charge in [-0.2, -0.15) is 0 Å². The fraction of sp³-hybridized carbons (Fsp3) is 0.207. The number of benzene rings is 16. The van der Waals surface area contributed by atoms with Gasteiger partial charge in [-0.25, -0.2) is 0 Å². The van der Waals surface area contributed by atoms with Crippen molar-refractivity contribution in [3.8, 4) is 77.9 Å². The van der Waals surface area contributed by atoms with E-state index in [0.29, 0.717) is 0 Å². The van der Waals surface area contributed by atoms with Crippen LogP contribution in [0.25, 0.3) is 209 Å². The minimum absolute atomic E-state index is 0.172. The molecule has 0 fully saturated rings. The van der Waals surface area contributed by atoms with Crippen LogP contribution in [0.4, 0.5) is 0 Å². The van der Waals surface area contributed by atoms with Gasteiger partial charge in [0.15, 0.2) is 0 Å². The molecular weight excluding hydrogens is 1400 g/mol. The van der Waals surface area contributed by atoms with Gasteiger partial charge in [0.1, 0.15) is 44.7 Å². The second-order valence-corrected chi connectivity index (χ2v) is 35.0. The molecule has 0 saturated heterocycles. The Kier molecular flexibility index (Phi) is 15.4. The van der Waals surface area contributed by atoms with Crippen molar-refractivity contribution in [3.05, 3.63) is 300 Å². The predicted octanol–water partition coefficient (Wildman–Crippen LogP) is 32.9. The minimum atomic E-state index is -0.307. The third-order valence-corrected chi connectivity index (χ3v) is 27.8. The van der Waals surface area contributed by atoms with Gasteiger partial charge in [0.05, 0.1) is 0 Å². The van der Waals surface area contributed by atoms with Gasteiger partial charge in [-0.15, -0.1) is 0 Å². The summed E-state index contributed by atoms with van der Waals surface area (Å²) in [5, 5.41) is 19.0. The van der Waals surface area contributed by atoms with Crippen LogP contribution >= 0.6 is 0 Å². The standard InChI is InChI=1S/C111H90O4/c1-7-9-11-13-15-29-51-111(52-30-16-14-12-10-8-2)93-61-89-91(109(3,4)95-57-81(69-31-17-21-35-75(69)105(89)95)65-45-49-99-87(53-65)73-47-43-67(55-101(73)112-99)83-63-103-107(77-37-23-19-33-71(77)83)79-39-25-27-41-97(79)114-103)59-85(93)86-60-92-90(62-94(86)111)106-76-36-22-18-32-70(76)82(58-96(106)110(92,5)6)66-46-50-100-88(54-66)74-48-44-68(56-102(74)113-100)84-64-104-108(78-38-24-20-34-72(78)84)80-40-26-28-42-98(80)115-104/h17-28,31-50,53-64H,7-16,29-30,51-52H2,1-6H3. The monoisotopic (exact) mass is 1490 g/mol. The molecule has 3 aliphatic rings. The summed E-state index contributed by atoms with van der Waals surface area (Å²) in [4.78, 5) is 0. The summed E-state index contributed by atoms with van der Waals surface area (Å²) in [5.74, 6) is 0. The molecule has 3 aliphatic carbocycles. The number of rotatable bonds is 18. The van der Waals surface area contributed by atoms with E-state index in [4.69, 9.17) is 17.7 Å². The SMILES string of the molecule is CCCCCCCCC1(CCCCCCCC)c2cc3c(cc2-c2cc4c(cc21)-c1c(cc(-c2ccc5oc6cc(-c7cc8oc9ccccc9c8c8ccccc78)ccc6c5c2)c2ccccc12)C4(C)C)C(C)(C)c1cc(-c2ccc4oc5cc(-c6cc7oc8ccccc8c7c7ccccc67)ccc5c4c2)c2ccccc2c1-3. The topological polar surface area (TPSA) is 52.6 Å². The van der Waals surface area contributed by atoms with E-state index < -0.39 is 0 Å². The van der Waals surface area contributed by atoms with Gasteiger partial charge >= 0.3 is 0 Å². The Hall–Kier alpha value is -12.2. The third kappa shape index (κ3) is 10.2. The average Bonchev–Trinajstić information content (AvgIpc) is 1.51. The highest BCUT2D eigenvalue weighted by Crippen LogP contribution is 2.64. The lowest BCUT2D eigenvalue weighted by atomic mass is 9.69. The van der Waals surface area contributed by atoms with Gasteiger partial charge in [0.25, 0.3) is 0 Å². The summed E-state index contributed by atoms with van der Waals surface area (Å²) in [5.41, 5.74) is 33.0. The number of hydrogen-bond acceptors (Lipinski definition) is 4. The predicted molar refractivity (Wildman–Crippen MR) is 485 cm³/mol. The van der Waals surface area contributed by atoms with Crippen LogP contribution in [0, 0.1) is 0 Å². The van der Waals surface area contributed by atoms with Crippen LogP contribution < -0.4 is 0 Å². The van der Waals surface area contributed by atoms with Crippen LogP contribution in [-0.4, -0.2) is 0 Å². The van der Waals surface area contributed by atoms with Gasteiger partial charge in [-0.1, -0.05) is 276 Å². The van der Waals surface area contributed by atoms with Crippen molar-refractivity contribution < 1.29 is 17.7 Å². The molecule has 0 N–H and O–H groups in total. The van der Waals surface area contributed by atoms with Crippen molar-refractivity contribution in [2.75, 3.05) is 0 Å². The highest BCUT2D eigenvalue weighted by atomic mass is 16.3. The normalized spacial score (nSPS) is 14.3. The van der Waals surface area contributed by atoms with Crippen molar-refractivity contribution in [1.82, 2.24) is 0 Å². The highest BCUT2D eigenvalue weighted by Gasteiger charge is 2.49. The maximum absolute atomic E-state index is 6.88. The molecule has 16 aromatic carbocycles. The molecule has 0 atom stereocenters. The first kappa shape index (κ1) is 68.4. The smallest absolute Gasteiger partial charge is 0.136 e. The molecule has 0 radical (unpaired) electrons. The number of unbranched alkanes of at least 4 members (excludes halogenated alkanes) is 10. The van der Waals surface area contributed by atoms with Gasteiger partial charge in [-0.05, 0) is 276 Å². The summed E-state index contributed by atoms with van der Waals surface area (Å²) in [6, 6.07) is 101. The molecule has 558 valence electrons. The Morgan fingerprint density at radius 1 is 0.209 bits per heavy atom. The summed E-state index contributed by atoms with van der Waals surface area (Å²) in [6.45, 7) is 14.7. The molecule has 0 bridgehead atoms. The Morgan fingerprint density at radius 3 is 0.948 bits per heavy atom. The molecule has 0 amide bonds. The van der Waals surface area contributed by atoms with E-state index in [1.165, 1.54) is 198 Å². The molecular formula is C111H90O4. The van der Waals surface area contributed by atoms with Crippen molar-refractivity contribution in [2.24, 2.45) is 0 Å². The molecule has 0 saturated carbocycles. The molecule has 4 heterocycles. The molecule has 4 heteroatoms. The van der Waals surface area contributed by atoms with Crippen LogP contribution in [0.15, 0.2) is 285 Å². The first-order chi connectivity index (χ1) is 56.4. The van der Waals surface area contributed by atoms with E-state index in [0.717, 1.165) is 123 Å². The van der Waals surface area contributed by atoms with Crippen molar-refractivity contribution in [1.29, 1.82) is 0 Å². The Labute approximate surface area is 670 Å². The molecule has 23 rings (SSSR count). The molecule has 0 spiro atoms. The lowest BCUT2D eigenvalue weighted by molar-refractivity contribution is 0.398. The molecule has 0 aliphatic heterocycles. The van der Waals surface area contributed by atoms with Crippen LogP contribution in [0.1, 0.15) is 165 Å². The molecule has 4 aromatic heterocycles. The quantitative estimate of drug-likeness (QED) is 0.0804. The summed E-state index contributed by atoms with van der Waals surface area (Å²) >= 11 is 0. The number of para-hydroxylation sites is 2. The molecule has 0 unspecified atom stereocenters. The lowest BCUT2D eigenvalue weighted by Gasteiger charge is -2.34. The minimum Gasteiger partial charge on any atom is -0.456 e. The first-order valence-electron chi connectivity index (χ1n) is 42.5. The average molecular weight is 1490 g/mol. The van der Waals surface area contributed by atoms with Crippen LogP contribution in [0.2, 0.25) is 0 Å². The fourth-order valence-corrected chi connectivity index (χ4v) is 22.1. The number of furan rings is 4. The second kappa shape index (κ2) is 25.9. The van der Waals surface area contributed by atoms with Crippen molar-refractivity contribution in [2.45, 2.75) is 148 Å². The first-order valence-corrected chi connectivity index (χ1v) is 42.5. The zero-order valence-corrected chi connectivity index (χ0v) is 66.4. The molecule has 4 nitrogen and oxygen atoms in total. The Bertz CT molecular complexity index is 7070. The summed E-state index contributed by atoms with van der Waals surface area (Å²) < 4.78 is 26.9. The van der Waals surface area contributed by atoms with E-state index in [1.807, 2.05) is 12.1 Å². The van der Waals surface area contributed by atoms with Gasteiger partial charge in [0, 0.05) is 59.3 Å². The maximum Gasteiger partial charge on any atom is 0.136 e. The van der Waals surface area contributed by atoms with E-state index in [-0.39, 0.29) is 16.2 Å². The van der Waals surface area contributed by atoms with Crippen molar-refractivity contribution in [3.63, 3.8) is 0 Å². The third-order valence-electron chi connectivity index (χ3n) is 27.8. The van der Waals surface area contributed by atoms with Crippen molar-refractivity contribution >= 4 is 131 Å². The van der Waals surface area contributed by atoms with Crippen LogP contribution in [0.3, 0.4) is 0 Å². The van der Waals surface area contributed by atoms with Crippen LogP contribution in [-0.2, 0) is 16.2 Å². The van der Waals surface area contributed by atoms with Gasteiger partial charge in [0.2, 0.25) is 0 Å². The lowest BCUT2D eigenvalue weighted by Crippen LogP contribution is -2.26. The second-order valence-electron chi connectivity index (χ2n) is 35.0. The van der Waals surface area contributed by atoms with E-state index >= 15 is 0 Å². The van der Waals surface area contributed by atoms with E-state index in [9.17, 15) is 0 Å².